The monoisotopic (exact) mass is 165 g/mol. The van der Waals surface area contributed by atoms with Gasteiger partial charge < -0.3 is 4.55 Å². The average Bonchev–Trinajstić information content (AvgIpc) is 1.81. The topological polar surface area (TPSA) is 49.4 Å². The minimum atomic E-state index is -2.37. The zero-order valence-corrected chi connectivity index (χ0v) is 7.31. The predicted molar refractivity (Wildman–Crippen MR) is 38.9 cm³/mol. The van der Waals surface area contributed by atoms with Crippen LogP contribution in [0.5, 0.6) is 0 Å². The van der Waals surface area contributed by atoms with Crippen LogP contribution in [0.15, 0.2) is 0 Å². The molecule has 0 spiro atoms. The van der Waals surface area contributed by atoms with Gasteiger partial charge in [0.15, 0.2) is 0 Å². The van der Waals surface area contributed by atoms with Gasteiger partial charge in [0, 0.05) is 0 Å². The zero-order valence-electron chi connectivity index (χ0n) is 6.49. The van der Waals surface area contributed by atoms with Crippen molar-refractivity contribution in [2.24, 2.45) is 5.92 Å². The van der Waals surface area contributed by atoms with Crippen molar-refractivity contribution in [1.82, 2.24) is 0 Å². The summed E-state index contributed by atoms with van der Waals surface area (Å²) in [6.07, 6.45) is 0.560. The van der Waals surface area contributed by atoms with Crippen LogP contribution in [0, 0.1) is 5.92 Å². The highest BCUT2D eigenvalue weighted by Gasteiger charge is 2.10. The van der Waals surface area contributed by atoms with Crippen LogP contribution >= 0.6 is 0 Å². The summed E-state index contributed by atoms with van der Waals surface area (Å²) in [5.41, 5.74) is 0. The third-order valence-corrected chi connectivity index (χ3v) is 1.75. The van der Waals surface area contributed by atoms with E-state index in [4.69, 9.17) is 0 Å². The molecular weight excluding hydrogens is 152 g/mol. The van der Waals surface area contributed by atoms with E-state index in [-0.39, 0.29) is 12.0 Å². The summed E-state index contributed by atoms with van der Waals surface area (Å²) in [5, 5.41) is 0. The van der Waals surface area contributed by atoms with Crippen molar-refractivity contribution in [1.29, 1.82) is 0 Å². The molecule has 0 N–H and O–H groups in total. The molecule has 0 aromatic carbocycles. The summed E-state index contributed by atoms with van der Waals surface area (Å²) >= 11 is -2.37. The summed E-state index contributed by atoms with van der Waals surface area (Å²) < 4.78 is 24.7. The molecule has 62 valence electrons. The Morgan fingerprint density at radius 1 is 1.60 bits per heavy atom. The van der Waals surface area contributed by atoms with E-state index >= 15 is 0 Å². The molecule has 4 heteroatoms. The normalized spacial score (nSPS) is 17.3. The number of hydrogen-bond acceptors (Lipinski definition) is 3. The maximum atomic E-state index is 10.1. The molecule has 0 rings (SSSR count). The molecule has 0 fully saturated rings. The van der Waals surface area contributed by atoms with Gasteiger partial charge in [0.1, 0.15) is 0 Å². The fourth-order valence-corrected chi connectivity index (χ4v) is 1.31. The van der Waals surface area contributed by atoms with Crippen molar-refractivity contribution in [3.63, 3.8) is 0 Å². The average molecular weight is 165 g/mol. The molecule has 2 atom stereocenters. The van der Waals surface area contributed by atoms with Crippen LogP contribution in [-0.4, -0.2) is 14.9 Å². The fourth-order valence-electron chi connectivity index (χ4n) is 0.751. The Labute approximate surface area is 64.3 Å². The molecule has 10 heavy (non-hydrogen) atoms. The highest BCUT2D eigenvalue weighted by Crippen LogP contribution is 2.10. The van der Waals surface area contributed by atoms with Gasteiger partial charge in [-0.05, 0) is 12.3 Å². The lowest BCUT2D eigenvalue weighted by atomic mass is 10.1. The lowest BCUT2D eigenvalue weighted by molar-refractivity contribution is 0.149. The molecular formula is C6H13O3S-. The first-order chi connectivity index (χ1) is 4.57. The molecule has 0 aromatic rings. The molecule has 0 aliphatic heterocycles. The quantitative estimate of drug-likeness (QED) is 0.589. The lowest BCUT2D eigenvalue weighted by Gasteiger charge is -2.19. The van der Waals surface area contributed by atoms with E-state index in [1.165, 1.54) is 0 Å². The van der Waals surface area contributed by atoms with Crippen LogP contribution in [0.1, 0.15) is 27.2 Å². The van der Waals surface area contributed by atoms with Crippen LogP contribution in [-0.2, 0) is 15.5 Å². The second kappa shape index (κ2) is 4.82. The van der Waals surface area contributed by atoms with Crippen molar-refractivity contribution in [3.8, 4) is 0 Å². The van der Waals surface area contributed by atoms with E-state index in [1.807, 2.05) is 20.8 Å². The summed E-state index contributed by atoms with van der Waals surface area (Å²) in [7, 11) is 0. The standard InChI is InChI=1S/C6H14O3S/c1-4-6(5(2)3)9-10(7)8/h5-6H,4H2,1-3H3,(H,7,8)/p-1. The Morgan fingerprint density at radius 2 is 2.10 bits per heavy atom. The van der Waals surface area contributed by atoms with E-state index < -0.39 is 11.4 Å². The van der Waals surface area contributed by atoms with E-state index in [0.717, 1.165) is 6.42 Å². The Morgan fingerprint density at radius 3 is 2.20 bits per heavy atom. The van der Waals surface area contributed by atoms with Gasteiger partial charge in [-0.25, -0.2) is 4.21 Å². The van der Waals surface area contributed by atoms with E-state index in [2.05, 4.69) is 4.18 Å². The van der Waals surface area contributed by atoms with Gasteiger partial charge in [-0.15, -0.1) is 0 Å². The second-order valence-electron chi connectivity index (χ2n) is 2.49. The van der Waals surface area contributed by atoms with Gasteiger partial charge in [-0.2, -0.15) is 0 Å². The predicted octanol–water partition coefficient (Wildman–Crippen LogP) is 1.23. The van der Waals surface area contributed by atoms with Crippen molar-refractivity contribution >= 4 is 11.4 Å². The molecule has 0 heterocycles. The lowest BCUT2D eigenvalue weighted by Crippen LogP contribution is -2.19. The third-order valence-electron chi connectivity index (χ3n) is 1.35. The summed E-state index contributed by atoms with van der Waals surface area (Å²) in [5.74, 6) is 0.253. The smallest absolute Gasteiger partial charge is 0.0844 e. The van der Waals surface area contributed by atoms with Crippen molar-refractivity contribution in [2.45, 2.75) is 33.3 Å². The van der Waals surface area contributed by atoms with E-state index in [0.29, 0.717) is 0 Å². The van der Waals surface area contributed by atoms with Crippen LogP contribution < -0.4 is 0 Å². The molecule has 0 aliphatic rings. The molecule has 0 aromatic heterocycles. The van der Waals surface area contributed by atoms with Gasteiger partial charge >= 0.3 is 0 Å². The maximum Gasteiger partial charge on any atom is 0.0844 e. The minimum Gasteiger partial charge on any atom is -0.750 e. The highest BCUT2D eigenvalue weighted by molar-refractivity contribution is 7.74. The molecule has 0 radical (unpaired) electrons. The Hall–Kier alpha value is 0.0700. The zero-order chi connectivity index (χ0) is 8.15. The molecule has 3 nitrogen and oxygen atoms in total. The van der Waals surface area contributed by atoms with Crippen molar-refractivity contribution < 1.29 is 12.9 Å². The summed E-state index contributed by atoms with van der Waals surface area (Å²) in [6, 6.07) is 0. The van der Waals surface area contributed by atoms with E-state index in [9.17, 15) is 8.76 Å². The first-order valence-corrected chi connectivity index (χ1v) is 4.34. The first kappa shape index (κ1) is 10.1. The van der Waals surface area contributed by atoms with Crippen molar-refractivity contribution in [3.05, 3.63) is 0 Å². The van der Waals surface area contributed by atoms with Crippen LogP contribution in [0.25, 0.3) is 0 Å². The maximum absolute atomic E-state index is 10.1. The Bertz CT molecular complexity index is 114. The summed E-state index contributed by atoms with van der Waals surface area (Å²) in [6.45, 7) is 5.76. The fraction of sp³-hybridized carbons (Fsp3) is 1.00. The molecule has 0 amide bonds. The van der Waals surface area contributed by atoms with Crippen molar-refractivity contribution in [2.75, 3.05) is 0 Å². The molecule has 0 saturated heterocycles. The largest absolute Gasteiger partial charge is 0.750 e. The Kier molecular flexibility index (Phi) is 4.85. The molecule has 2 unspecified atom stereocenters. The summed E-state index contributed by atoms with van der Waals surface area (Å²) in [4.78, 5) is 0. The SMILES string of the molecule is CCC(OS(=O)[O-])C(C)C. The number of rotatable bonds is 4. The highest BCUT2D eigenvalue weighted by atomic mass is 32.2. The van der Waals surface area contributed by atoms with Gasteiger partial charge in [-0.1, -0.05) is 20.8 Å². The van der Waals surface area contributed by atoms with Crippen LogP contribution in [0.2, 0.25) is 0 Å². The van der Waals surface area contributed by atoms with Gasteiger partial charge in [0.25, 0.3) is 0 Å². The first-order valence-electron chi connectivity index (χ1n) is 3.34. The van der Waals surface area contributed by atoms with Crippen LogP contribution in [0.4, 0.5) is 0 Å². The Balaban J connectivity index is 3.71. The third kappa shape index (κ3) is 3.98. The molecule has 0 bridgehead atoms. The van der Waals surface area contributed by atoms with E-state index in [1.54, 1.807) is 0 Å². The molecule has 0 saturated carbocycles. The van der Waals surface area contributed by atoms with Gasteiger partial charge in [-0.3, -0.25) is 4.18 Å². The van der Waals surface area contributed by atoms with Crippen LogP contribution in [0.3, 0.4) is 0 Å². The molecule has 0 aliphatic carbocycles. The second-order valence-corrected chi connectivity index (χ2v) is 3.09. The minimum absolute atomic E-state index is 0.168. The van der Waals surface area contributed by atoms with Gasteiger partial charge in [0.05, 0.1) is 17.5 Å². The van der Waals surface area contributed by atoms with Gasteiger partial charge in [0.2, 0.25) is 0 Å². The number of hydrogen-bond donors (Lipinski definition) is 0.